The van der Waals surface area contributed by atoms with Crippen LogP contribution in [0.1, 0.15) is 39.1 Å². The number of nitrogens with two attached hydrogens (primary N) is 1. The molecule has 1 rings (SSSR count). The third-order valence-corrected chi connectivity index (χ3v) is 2.74. The fraction of sp³-hybridized carbons (Fsp3) is 0.800. The van der Waals surface area contributed by atoms with E-state index in [4.69, 9.17) is 5.73 Å². The highest BCUT2D eigenvalue weighted by Crippen LogP contribution is 2.27. The van der Waals surface area contributed by atoms with Crippen molar-refractivity contribution in [1.82, 2.24) is 10.2 Å². The summed E-state index contributed by atoms with van der Waals surface area (Å²) in [6.45, 7) is 9.04. The summed E-state index contributed by atoms with van der Waals surface area (Å²) in [6, 6.07) is 0. The Hall–Kier alpha value is -0.640. The highest BCUT2D eigenvalue weighted by Gasteiger charge is 2.16. The van der Waals surface area contributed by atoms with Crippen molar-refractivity contribution >= 4 is 16.5 Å². The molecular weight excluding hydrogens is 194 g/mol. The van der Waals surface area contributed by atoms with Crippen LogP contribution in [0.4, 0.5) is 5.13 Å². The number of hydrogen-bond donors (Lipinski definition) is 1. The van der Waals surface area contributed by atoms with Gasteiger partial charge in [-0.25, -0.2) is 0 Å². The Morgan fingerprint density at radius 1 is 1.36 bits per heavy atom. The van der Waals surface area contributed by atoms with Gasteiger partial charge in [-0.1, -0.05) is 39.0 Å². The van der Waals surface area contributed by atoms with Crippen LogP contribution in [0.25, 0.3) is 0 Å². The molecule has 0 spiro atoms. The van der Waals surface area contributed by atoms with Crippen molar-refractivity contribution in [2.75, 3.05) is 5.73 Å². The summed E-state index contributed by atoms with van der Waals surface area (Å²) in [5.74, 6) is 0.641. The largest absolute Gasteiger partial charge is 0.374 e. The van der Waals surface area contributed by atoms with Crippen LogP contribution in [-0.2, 0) is 6.42 Å². The Balaban J connectivity index is 2.45. The van der Waals surface area contributed by atoms with Gasteiger partial charge in [0.1, 0.15) is 5.01 Å². The number of nitrogens with zero attached hydrogens (tertiary/aromatic N) is 2. The minimum absolute atomic E-state index is 0.385. The van der Waals surface area contributed by atoms with Gasteiger partial charge in [-0.15, -0.1) is 10.2 Å². The van der Waals surface area contributed by atoms with Gasteiger partial charge in [0.25, 0.3) is 0 Å². The van der Waals surface area contributed by atoms with E-state index in [1.54, 1.807) is 0 Å². The van der Waals surface area contributed by atoms with E-state index in [2.05, 4.69) is 37.9 Å². The summed E-state index contributed by atoms with van der Waals surface area (Å²) in [7, 11) is 0. The lowest BCUT2D eigenvalue weighted by molar-refractivity contribution is 0.305. The lowest BCUT2D eigenvalue weighted by atomic mass is 9.84. The maximum Gasteiger partial charge on any atom is 0.203 e. The van der Waals surface area contributed by atoms with Gasteiger partial charge >= 0.3 is 0 Å². The van der Waals surface area contributed by atoms with Gasteiger partial charge < -0.3 is 5.73 Å². The number of nitrogen functional groups attached to an aromatic ring is 1. The van der Waals surface area contributed by atoms with Gasteiger partial charge in [-0.3, -0.25) is 0 Å². The first-order valence-electron chi connectivity index (χ1n) is 4.95. The van der Waals surface area contributed by atoms with Crippen LogP contribution < -0.4 is 5.73 Å². The van der Waals surface area contributed by atoms with E-state index in [1.807, 2.05) is 0 Å². The molecular formula is C10H19N3S. The highest BCUT2D eigenvalue weighted by atomic mass is 32.1. The first-order chi connectivity index (χ1) is 6.37. The minimum Gasteiger partial charge on any atom is -0.374 e. The van der Waals surface area contributed by atoms with Crippen molar-refractivity contribution in [3.05, 3.63) is 5.01 Å². The quantitative estimate of drug-likeness (QED) is 0.840. The molecule has 14 heavy (non-hydrogen) atoms. The Labute approximate surface area is 89.7 Å². The molecule has 1 aromatic rings. The fourth-order valence-corrected chi connectivity index (χ4v) is 2.54. The molecule has 1 atom stereocenters. The SMILES string of the molecule is CC(Cc1nnc(N)s1)CC(C)(C)C. The lowest BCUT2D eigenvalue weighted by Gasteiger charge is -2.22. The van der Waals surface area contributed by atoms with E-state index in [0.717, 1.165) is 11.4 Å². The molecule has 80 valence electrons. The van der Waals surface area contributed by atoms with Gasteiger partial charge in [0, 0.05) is 6.42 Å². The van der Waals surface area contributed by atoms with Gasteiger partial charge in [0.2, 0.25) is 5.13 Å². The smallest absolute Gasteiger partial charge is 0.203 e. The van der Waals surface area contributed by atoms with Crippen molar-refractivity contribution in [3.63, 3.8) is 0 Å². The summed E-state index contributed by atoms with van der Waals surface area (Å²) in [6.07, 6.45) is 2.19. The van der Waals surface area contributed by atoms with Crippen LogP contribution in [-0.4, -0.2) is 10.2 Å². The molecule has 1 aromatic heterocycles. The number of rotatable bonds is 3. The van der Waals surface area contributed by atoms with E-state index in [-0.39, 0.29) is 0 Å². The third kappa shape index (κ3) is 4.05. The van der Waals surface area contributed by atoms with Crippen molar-refractivity contribution < 1.29 is 0 Å². The zero-order chi connectivity index (χ0) is 10.8. The van der Waals surface area contributed by atoms with E-state index < -0.39 is 0 Å². The molecule has 0 amide bonds. The van der Waals surface area contributed by atoms with E-state index in [0.29, 0.717) is 16.5 Å². The third-order valence-electron chi connectivity index (χ3n) is 1.97. The maximum absolute atomic E-state index is 5.53. The average Bonchev–Trinajstić information content (AvgIpc) is 2.30. The summed E-state index contributed by atoms with van der Waals surface area (Å²) >= 11 is 1.50. The molecule has 0 aliphatic rings. The minimum atomic E-state index is 0.385. The molecule has 1 heterocycles. The predicted molar refractivity (Wildman–Crippen MR) is 61.3 cm³/mol. The van der Waals surface area contributed by atoms with Crippen LogP contribution in [0, 0.1) is 11.3 Å². The Bertz CT molecular complexity index is 288. The monoisotopic (exact) mass is 213 g/mol. The van der Waals surface area contributed by atoms with E-state index in [9.17, 15) is 0 Å². The molecule has 0 saturated carbocycles. The van der Waals surface area contributed by atoms with E-state index >= 15 is 0 Å². The van der Waals surface area contributed by atoms with Gasteiger partial charge in [-0.2, -0.15) is 0 Å². The van der Waals surface area contributed by atoms with Crippen molar-refractivity contribution in [2.45, 2.75) is 40.5 Å². The van der Waals surface area contributed by atoms with Gasteiger partial charge in [0.15, 0.2) is 0 Å². The first kappa shape index (κ1) is 11.4. The summed E-state index contributed by atoms with van der Waals surface area (Å²) in [4.78, 5) is 0. The normalized spacial score (nSPS) is 14.3. The molecule has 0 saturated heterocycles. The second-order valence-electron chi connectivity index (χ2n) is 5.11. The summed E-state index contributed by atoms with van der Waals surface area (Å²) in [5, 5.41) is 9.47. The number of anilines is 1. The number of aromatic nitrogens is 2. The molecule has 0 aromatic carbocycles. The molecule has 0 aliphatic carbocycles. The van der Waals surface area contributed by atoms with Crippen molar-refractivity contribution in [3.8, 4) is 0 Å². The molecule has 4 heteroatoms. The van der Waals surface area contributed by atoms with Crippen LogP contribution in [0.5, 0.6) is 0 Å². The molecule has 3 nitrogen and oxygen atoms in total. The first-order valence-corrected chi connectivity index (χ1v) is 5.76. The summed E-state index contributed by atoms with van der Waals surface area (Å²) < 4.78 is 0. The van der Waals surface area contributed by atoms with Crippen molar-refractivity contribution in [1.29, 1.82) is 0 Å². The molecule has 0 radical (unpaired) electrons. The second kappa shape index (κ2) is 4.26. The predicted octanol–water partition coefficient (Wildman–Crippen LogP) is 2.74. The topological polar surface area (TPSA) is 51.8 Å². The van der Waals surface area contributed by atoms with Crippen LogP contribution in [0.3, 0.4) is 0 Å². The van der Waals surface area contributed by atoms with Crippen LogP contribution >= 0.6 is 11.3 Å². The molecule has 2 N–H and O–H groups in total. The zero-order valence-corrected chi connectivity index (χ0v) is 10.2. The van der Waals surface area contributed by atoms with Gasteiger partial charge in [0.05, 0.1) is 0 Å². The Morgan fingerprint density at radius 2 is 2.00 bits per heavy atom. The molecule has 0 aliphatic heterocycles. The fourth-order valence-electron chi connectivity index (χ4n) is 1.76. The highest BCUT2D eigenvalue weighted by molar-refractivity contribution is 7.15. The molecule has 1 unspecified atom stereocenters. The number of hydrogen-bond acceptors (Lipinski definition) is 4. The zero-order valence-electron chi connectivity index (χ0n) is 9.37. The standard InChI is InChI=1S/C10H19N3S/c1-7(6-10(2,3)4)5-8-12-13-9(11)14-8/h7H,5-6H2,1-4H3,(H2,11,13). The van der Waals surface area contributed by atoms with Crippen LogP contribution in [0.2, 0.25) is 0 Å². The molecule has 0 fully saturated rings. The Morgan fingerprint density at radius 3 is 2.43 bits per heavy atom. The molecule has 0 bridgehead atoms. The maximum atomic E-state index is 5.53. The van der Waals surface area contributed by atoms with E-state index in [1.165, 1.54) is 17.8 Å². The van der Waals surface area contributed by atoms with Gasteiger partial charge in [-0.05, 0) is 17.8 Å². The Kier molecular flexibility index (Phi) is 3.48. The summed E-state index contributed by atoms with van der Waals surface area (Å²) in [5.41, 5.74) is 5.91. The lowest BCUT2D eigenvalue weighted by Crippen LogP contribution is -2.12. The van der Waals surface area contributed by atoms with Crippen LogP contribution in [0.15, 0.2) is 0 Å². The average molecular weight is 213 g/mol. The second-order valence-corrected chi connectivity index (χ2v) is 6.20. The van der Waals surface area contributed by atoms with Crippen molar-refractivity contribution in [2.24, 2.45) is 11.3 Å².